The number of rotatable bonds is 7. The van der Waals surface area contributed by atoms with Crippen molar-refractivity contribution in [1.82, 2.24) is 19.9 Å². The van der Waals surface area contributed by atoms with Gasteiger partial charge in [0.2, 0.25) is 5.95 Å². The zero-order valence-electron chi connectivity index (χ0n) is 20.8. The number of anilines is 2. The number of aliphatic hydroxyl groups is 1. The van der Waals surface area contributed by atoms with Gasteiger partial charge in [0.05, 0.1) is 53.2 Å². The third kappa shape index (κ3) is 5.40. The van der Waals surface area contributed by atoms with E-state index in [-0.39, 0.29) is 18.1 Å². The lowest BCUT2D eigenvalue weighted by Gasteiger charge is -2.26. The molecule has 3 atom stereocenters. The highest BCUT2D eigenvalue weighted by Gasteiger charge is 2.35. The van der Waals surface area contributed by atoms with Gasteiger partial charge in [0, 0.05) is 18.8 Å². The van der Waals surface area contributed by atoms with E-state index in [4.69, 9.17) is 24.4 Å². The number of hydrogen-bond donors (Lipinski definition) is 3. The van der Waals surface area contributed by atoms with Gasteiger partial charge in [-0.2, -0.15) is 4.98 Å². The second-order valence-corrected chi connectivity index (χ2v) is 11.1. The van der Waals surface area contributed by atoms with E-state index in [1.165, 1.54) is 0 Å². The van der Waals surface area contributed by atoms with Crippen LogP contribution in [0.1, 0.15) is 44.5 Å². The summed E-state index contributed by atoms with van der Waals surface area (Å²) in [6.45, 7) is 10.2. The average molecular weight is 499 g/mol. The molecule has 2 aliphatic rings. The fourth-order valence-corrected chi connectivity index (χ4v) is 6.02. The second kappa shape index (κ2) is 9.93. The molecule has 188 valence electrons. The van der Waals surface area contributed by atoms with Crippen LogP contribution < -0.4 is 10.6 Å². The summed E-state index contributed by atoms with van der Waals surface area (Å²) in [6.07, 6.45) is 4.66. The number of ether oxygens (including phenoxy) is 2. The lowest BCUT2D eigenvalue weighted by Crippen LogP contribution is -2.34. The molecule has 4 heterocycles. The summed E-state index contributed by atoms with van der Waals surface area (Å²) in [6, 6.07) is 2.22. The molecule has 3 N–H and O–H groups in total. The first-order valence-electron chi connectivity index (χ1n) is 12.3. The third-order valence-electron chi connectivity index (χ3n) is 6.94. The molecule has 0 amide bonds. The molecule has 3 aromatic heterocycles. The topological polar surface area (TPSA) is 114 Å². The lowest BCUT2D eigenvalue weighted by atomic mass is 9.89. The standard InChI is InChI=1S/C25H34N6O3S/c1-14-20(23-30-21-15(2)26-8-7-19(21)35-23)22(29-17-6-5-16(11-17)25(3,4)32)31-24(28-14)27-12-18-13-33-9-10-34-18/h7-8,16-18,32H,5-6,9-13H2,1-4H3,(H2,27,28,29,31). The quantitative estimate of drug-likeness (QED) is 0.445. The fourth-order valence-electron chi connectivity index (χ4n) is 4.91. The number of nitrogens with one attached hydrogen (secondary N) is 2. The van der Waals surface area contributed by atoms with Crippen LogP contribution in [0.2, 0.25) is 0 Å². The smallest absolute Gasteiger partial charge is 0.224 e. The maximum atomic E-state index is 10.5. The largest absolute Gasteiger partial charge is 0.390 e. The number of hydrogen-bond acceptors (Lipinski definition) is 10. The summed E-state index contributed by atoms with van der Waals surface area (Å²) in [5, 5.41) is 18.4. The Morgan fingerprint density at radius 2 is 2.00 bits per heavy atom. The summed E-state index contributed by atoms with van der Waals surface area (Å²) in [4.78, 5) is 19.0. The normalized spacial score (nSPS) is 23.1. The Morgan fingerprint density at radius 1 is 1.14 bits per heavy atom. The van der Waals surface area contributed by atoms with Gasteiger partial charge in [-0.05, 0) is 58.9 Å². The van der Waals surface area contributed by atoms with Gasteiger partial charge < -0.3 is 25.2 Å². The van der Waals surface area contributed by atoms with Gasteiger partial charge in [0.15, 0.2) is 0 Å². The molecule has 2 fully saturated rings. The van der Waals surface area contributed by atoms with Crippen molar-refractivity contribution in [2.24, 2.45) is 5.92 Å². The van der Waals surface area contributed by atoms with E-state index < -0.39 is 5.60 Å². The minimum absolute atomic E-state index is 0.0224. The Morgan fingerprint density at radius 3 is 2.71 bits per heavy atom. The van der Waals surface area contributed by atoms with E-state index in [0.29, 0.717) is 32.3 Å². The van der Waals surface area contributed by atoms with Gasteiger partial charge in [-0.25, -0.2) is 9.97 Å². The monoisotopic (exact) mass is 498 g/mol. The van der Waals surface area contributed by atoms with Crippen LogP contribution in [0.4, 0.5) is 11.8 Å². The van der Waals surface area contributed by atoms with Crippen LogP contribution in [0.5, 0.6) is 0 Å². The highest BCUT2D eigenvalue weighted by molar-refractivity contribution is 7.21. The highest BCUT2D eigenvalue weighted by atomic mass is 32.1. The Hall–Kier alpha value is -2.40. The van der Waals surface area contributed by atoms with E-state index in [1.54, 1.807) is 11.3 Å². The molecule has 3 unspecified atom stereocenters. The highest BCUT2D eigenvalue weighted by Crippen LogP contribution is 2.39. The number of aryl methyl sites for hydroxylation is 2. The summed E-state index contributed by atoms with van der Waals surface area (Å²) in [7, 11) is 0. The molecule has 9 nitrogen and oxygen atoms in total. The van der Waals surface area contributed by atoms with Crippen molar-refractivity contribution < 1.29 is 14.6 Å². The van der Waals surface area contributed by atoms with Gasteiger partial charge in [-0.3, -0.25) is 4.98 Å². The molecular weight excluding hydrogens is 464 g/mol. The van der Waals surface area contributed by atoms with Crippen molar-refractivity contribution >= 4 is 33.3 Å². The van der Waals surface area contributed by atoms with Gasteiger partial charge in [0.25, 0.3) is 0 Å². The van der Waals surface area contributed by atoms with Crippen LogP contribution in [-0.2, 0) is 9.47 Å². The SMILES string of the molecule is Cc1nc(NCC2COCCO2)nc(NC2CCC(C(C)(C)O)C2)c1-c1nc2c(C)nccc2s1. The minimum atomic E-state index is -0.687. The van der Waals surface area contributed by atoms with Crippen LogP contribution in [-0.4, -0.2) is 69.2 Å². The lowest BCUT2D eigenvalue weighted by molar-refractivity contribution is -0.0819. The van der Waals surface area contributed by atoms with Crippen molar-refractivity contribution in [3.05, 3.63) is 23.7 Å². The zero-order valence-corrected chi connectivity index (χ0v) is 21.6. The molecule has 1 aliphatic carbocycles. The number of thiazole rings is 1. The van der Waals surface area contributed by atoms with Crippen LogP contribution in [0.15, 0.2) is 12.3 Å². The molecule has 3 aromatic rings. The Labute approximate surface area is 209 Å². The molecule has 35 heavy (non-hydrogen) atoms. The Balaban J connectivity index is 1.46. The van der Waals surface area contributed by atoms with E-state index in [1.807, 2.05) is 40.0 Å². The molecular formula is C25H34N6O3S. The van der Waals surface area contributed by atoms with Crippen molar-refractivity contribution in [1.29, 1.82) is 0 Å². The van der Waals surface area contributed by atoms with Crippen LogP contribution in [0.3, 0.4) is 0 Å². The van der Waals surface area contributed by atoms with Gasteiger partial charge >= 0.3 is 0 Å². The third-order valence-corrected chi connectivity index (χ3v) is 7.98. The number of aromatic nitrogens is 4. The van der Waals surface area contributed by atoms with E-state index in [9.17, 15) is 5.11 Å². The van der Waals surface area contributed by atoms with E-state index in [2.05, 4.69) is 15.6 Å². The Kier molecular flexibility index (Phi) is 6.89. The molecule has 1 aliphatic heterocycles. The molecule has 1 saturated carbocycles. The summed E-state index contributed by atoms with van der Waals surface area (Å²) >= 11 is 1.63. The number of nitrogens with zero attached hydrogens (tertiary/aromatic N) is 4. The summed E-state index contributed by atoms with van der Waals surface area (Å²) < 4.78 is 12.4. The van der Waals surface area contributed by atoms with Crippen molar-refractivity contribution in [3.8, 4) is 10.6 Å². The predicted molar refractivity (Wildman–Crippen MR) is 138 cm³/mol. The van der Waals surface area contributed by atoms with Gasteiger partial charge in [0.1, 0.15) is 16.3 Å². The molecule has 0 aromatic carbocycles. The summed E-state index contributed by atoms with van der Waals surface area (Å²) in [5.74, 6) is 1.58. The summed E-state index contributed by atoms with van der Waals surface area (Å²) in [5.41, 5.74) is 2.91. The fraction of sp³-hybridized carbons (Fsp3) is 0.600. The van der Waals surface area contributed by atoms with Crippen LogP contribution in [0.25, 0.3) is 20.8 Å². The zero-order chi connectivity index (χ0) is 24.6. The van der Waals surface area contributed by atoms with Gasteiger partial charge in [-0.15, -0.1) is 11.3 Å². The molecule has 0 spiro atoms. The average Bonchev–Trinajstić information content (AvgIpc) is 3.46. The van der Waals surface area contributed by atoms with Crippen molar-refractivity contribution in [2.45, 2.75) is 64.7 Å². The first kappa shape index (κ1) is 24.3. The molecule has 1 saturated heterocycles. The van der Waals surface area contributed by atoms with Gasteiger partial charge in [-0.1, -0.05) is 0 Å². The van der Waals surface area contributed by atoms with Crippen LogP contribution in [0, 0.1) is 19.8 Å². The predicted octanol–water partition coefficient (Wildman–Crippen LogP) is 3.94. The minimum Gasteiger partial charge on any atom is -0.390 e. The maximum Gasteiger partial charge on any atom is 0.224 e. The number of fused-ring (bicyclic) bond motifs is 1. The molecule has 0 radical (unpaired) electrons. The Bertz CT molecular complexity index is 1190. The first-order chi connectivity index (χ1) is 16.8. The molecule has 5 rings (SSSR count). The first-order valence-corrected chi connectivity index (χ1v) is 13.1. The van der Waals surface area contributed by atoms with Crippen molar-refractivity contribution in [2.75, 3.05) is 37.0 Å². The van der Waals surface area contributed by atoms with E-state index >= 15 is 0 Å². The second-order valence-electron chi connectivity index (χ2n) is 10.1. The van der Waals surface area contributed by atoms with E-state index in [0.717, 1.165) is 57.3 Å². The molecule has 0 bridgehead atoms. The number of pyridine rings is 1. The maximum absolute atomic E-state index is 10.5. The van der Waals surface area contributed by atoms with Crippen LogP contribution >= 0.6 is 11.3 Å². The van der Waals surface area contributed by atoms with Crippen molar-refractivity contribution in [3.63, 3.8) is 0 Å². The molecule has 10 heteroatoms.